The van der Waals surface area contributed by atoms with Crippen LogP contribution in [0.1, 0.15) is 24.5 Å². The van der Waals surface area contributed by atoms with E-state index >= 15 is 0 Å². The van der Waals surface area contributed by atoms with Gasteiger partial charge in [0.2, 0.25) is 6.41 Å². The highest BCUT2D eigenvalue weighted by Crippen LogP contribution is 2.23. The number of benzene rings is 2. The molecule has 0 aliphatic carbocycles. The lowest BCUT2D eigenvalue weighted by molar-refractivity contribution is -0.118. The van der Waals surface area contributed by atoms with Crippen LogP contribution in [0.15, 0.2) is 60.7 Å². The van der Waals surface area contributed by atoms with Gasteiger partial charge in [-0.1, -0.05) is 30.3 Å². The molecule has 2 N–H and O–H groups in total. The molecule has 6 nitrogen and oxygen atoms in total. The quantitative estimate of drug-likeness (QED) is 0.233. The number of anilines is 1. The van der Waals surface area contributed by atoms with Crippen molar-refractivity contribution in [3.05, 3.63) is 71.8 Å². The summed E-state index contributed by atoms with van der Waals surface area (Å²) in [5, 5.41) is 9.54. The molecule has 0 fully saturated rings. The minimum Gasteiger partial charge on any atom is -0.494 e. The molecule has 0 heterocycles. The zero-order valence-corrected chi connectivity index (χ0v) is 16.2. The van der Waals surface area contributed by atoms with E-state index in [0.717, 1.165) is 22.6 Å². The van der Waals surface area contributed by atoms with Crippen molar-refractivity contribution in [3.8, 4) is 11.8 Å². The number of allylic oxidation sites excluding steroid dienone is 2. The highest BCUT2D eigenvalue weighted by Gasteiger charge is 2.12. The van der Waals surface area contributed by atoms with Gasteiger partial charge in [-0.05, 0) is 67.4 Å². The summed E-state index contributed by atoms with van der Waals surface area (Å²) in [6, 6.07) is 16.3. The van der Waals surface area contributed by atoms with E-state index in [2.05, 4.69) is 6.07 Å². The van der Waals surface area contributed by atoms with Gasteiger partial charge in [-0.25, -0.2) is 4.90 Å². The number of hydrogen-bond donors (Lipinski definition) is 1. The van der Waals surface area contributed by atoms with E-state index in [1.807, 2.05) is 24.3 Å². The Balaban J connectivity index is 2.18. The van der Waals surface area contributed by atoms with Gasteiger partial charge in [0, 0.05) is 0 Å². The third-order valence-electron chi connectivity index (χ3n) is 4.04. The number of hydrogen-bond acceptors (Lipinski definition) is 5. The van der Waals surface area contributed by atoms with E-state index in [9.17, 15) is 14.9 Å². The third-order valence-corrected chi connectivity index (χ3v) is 4.04. The van der Waals surface area contributed by atoms with E-state index in [-0.39, 0.29) is 0 Å². The fourth-order valence-electron chi connectivity index (χ4n) is 2.54. The van der Waals surface area contributed by atoms with E-state index in [1.54, 1.807) is 43.3 Å². The van der Waals surface area contributed by atoms with Crippen LogP contribution in [0.4, 0.5) is 5.69 Å². The second-order valence-electron chi connectivity index (χ2n) is 6.09. The van der Waals surface area contributed by atoms with Crippen molar-refractivity contribution in [1.29, 1.82) is 5.26 Å². The number of rotatable bonds is 9. The molecule has 6 heteroatoms. The molecule has 2 amide bonds. The molecule has 0 aliphatic heterocycles. The molecule has 0 spiro atoms. The molecule has 0 saturated carbocycles. The van der Waals surface area contributed by atoms with E-state index in [1.165, 1.54) is 6.08 Å². The fraction of sp³-hybridized carbons (Fsp3) is 0.174. The molecule has 0 bridgehead atoms. The largest absolute Gasteiger partial charge is 0.494 e. The Morgan fingerprint density at radius 2 is 1.86 bits per heavy atom. The lowest BCUT2D eigenvalue weighted by Gasteiger charge is -2.13. The first-order chi connectivity index (χ1) is 14.1. The molecule has 2 rings (SSSR count). The Bertz CT molecular complexity index is 923. The SMILES string of the molecule is C/C=C\C(=O)N(C=O)c1ccc(/C(C#N)=C/c2ccc(OCCCN)cc2)cc1. The van der Waals surface area contributed by atoms with Crippen molar-refractivity contribution >= 4 is 29.7 Å². The number of nitrogens with zero attached hydrogens (tertiary/aromatic N) is 2. The van der Waals surface area contributed by atoms with Crippen LogP contribution >= 0.6 is 0 Å². The summed E-state index contributed by atoms with van der Waals surface area (Å²) >= 11 is 0. The average molecular weight is 389 g/mol. The Kier molecular flexibility index (Phi) is 8.36. The molecule has 0 atom stereocenters. The first-order valence-electron chi connectivity index (χ1n) is 9.19. The molecule has 0 aromatic heterocycles. The lowest BCUT2D eigenvalue weighted by atomic mass is 10.0. The number of ether oxygens (including phenoxy) is 1. The Morgan fingerprint density at radius 3 is 2.41 bits per heavy atom. The maximum atomic E-state index is 11.9. The Morgan fingerprint density at radius 1 is 1.17 bits per heavy atom. The van der Waals surface area contributed by atoms with Crippen molar-refractivity contribution < 1.29 is 14.3 Å². The molecule has 148 valence electrons. The van der Waals surface area contributed by atoms with Gasteiger partial charge < -0.3 is 10.5 Å². The van der Waals surface area contributed by atoms with Crippen LogP contribution in [0.5, 0.6) is 5.75 Å². The second-order valence-corrected chi connectivity index (χ2v) is 6.09. The van der Waals surface area contributed by atoms with Crippen molar-refractivity contribution in [2.45, 2.75) is 13.3 Å². The number of carbonyl (C=O) groups is 2. The van der Waals surface area contributed by atoms with Crippen molar-refractivity contribution in [2.24, 2.45) is 5.73 Å². The minimum atomic E-state index is -0.430. The molecule has 0 aliphatic rings. The van der Waals surface area contributed by atoms with Gasteiger partial charge in [-0.15, -0.1) is 0 Å². The van der Waals surface area contributed by atoms with Gasteiger partial charge in [0.15, 0.2) is 0 Å². The molecule has 2 aromatic rings. The highest BCUT2D eigenvalue weighted by molar-refractivity contribution is 6.12. The van der Waals surface area contributed by atoms with Gasteiger partial charge in [-0.3, -0.25) is 9.59 Å². The van der Waals surface area contributed by atoms with Gasteiger partial charge in [0.05, 0.1) is 23.9 Å². The maximum Gasteiger partial charge on any atom is 0.257 e. The molecule has 0 unspecified atom stereocenters. The van der Waals surface area contributed by atoms with Gasteiger partial charge in [0.25, 0.3) is 5.91 Å². The van der Waals surface area contributed by atoms with Gasteiger partial charge in [0.1, 0.15) is 5.75 Å². The molecule has 0 radical (unpaired) electrons. The van der Waals surface area contributed by atoms with Crippen LogP contribution in [0.3, 0.4) is 0 Å². The predicted molar refractivity (Wildman–Crippen MR) is 114 cm³/mol. The maximum absolute atomic E-state index is 11.9. The van der Waals surface area contributed by atoms with Crippen LogP contribution in [-0.2, 0) is 9.59 Å². The smallest absolute Gasteiger partial charge is 0.257 e. The lowest BCUT2D eigenvalue weighted by Crippen LogP contribution is -2.27. The molecular formula is C23H23N3O3. The Labute approximate surface area is 170 Å². The van der Waals surface area contributed by atoms with Crippen LogP contribution in [0.25, 0.3) is 11.6 Å². The van der Waals surface area contributed by atoms with Crippen LogP contribution in [-0.4, -0.2) is 25.5 Å². The fourth-order valence-corrected chi connectivity index (χ4v) is 2.54. The number of carbonyl (C=O) groups excluding carboxylic acids is 2. The van der Waals surface area contributed by atoms with E-state index < -0.39 is 5.91 Å². The summed E-state index contributed by atoms with van der Waals surface area (Å²) < 4.78 is 5.57. The monoisotopic (exact) mass is 389 g/mol. The molecule has 2 aromatic carbocycles. The topological polar surface area (TPSA) is 96.4 Å². The van der Waals surface area contributed by atoms with E-state index in [0.29, 0.717) is 36.4 Å². The van der Waals surface area contributed by atoms with E-state index in [4.69, 9.17) is 10.5 Å². The van der Waals surface area contributed by atoms with Crippen molar-refractivity contribution in [2.75, 3.05) is 18.1 Å². The zero-order chi connectivity index (χ0) is 21.1. The summed E-state index contributed by atoms with van der Waals surface area (Å²) in [5.41, 5.74) is 7.88. The normalized spacial score (nSPS) is 11.1. The van der Waals surface area contributed by atoms with Crippen LogP contribution < -0.4 is 15.4 Å². The Hall–Kier alpha value is -3.69. The summed E-state index contributed by atoms with van der Waals surface area (Å²) in [6.45, 7) is 2.85. The van der Waals surface area contributed by atoms with Crippen molar-refractivity contribution in [3.63, 3.8) is 0 Å². The number of amides is 2. The third kappa shape index (κ3) is 6.16. The minimum absolute atomic E-state index is 0.430. The molecule has 0 saturated heterocycles. The molecular weight excluding hydrogens is 366 g/mol. The van der Waals surface area contributed by atoms with Crippen molar-refractivity contribution in [1.82, 2.24) is 0 Å². The summed E-state index contributed by atoms with van der Waals surface area (Å²) in [6.07, 6.45) is 5.90. The second kappa shape index (κ2) is 11.2. The zero-order valence-electron chi connectivity index (χ0n) is 16.2. The first-order valence-corrected chi connectivity index (χ1v) is 9.19. The molecule has 29 heavy (non-hydrogen) atoms. The van der Waals surface area contributed by atoms with Gasteiger partial charge in [-0.2, -0.15) is 5.26 Å². The standard InChI is InChI=1S/C23H23N3O3/c1-2-4-23(28)26(17-27)21-9-7-19(8-10-21)20(16-25)15-18-5-11-22(12-6-18)29-14-3-13-24/h2,4-12,15,17H,3,13-14,24H2,1H3/b4-2-,20-15+. The average Bonchev–Trinajstić information content (AvgIpc) is 2.74. The number of imide groups is 1. The summed E-state index contributed by atoms with van der Waals surface area (Å²) in [4.78, 5) is 24.2. The summed E-state index contributed by atoms with van der Waals surface area (Å²) in [7, 11) is 0. The van der Waals surface area contributed by atoms with Crippen LogP contribution in [0, 0.1) is 11.3 Å². The number of nitriles is 1. The first kappa shape index (κ1) is 21.6. The highest BCUT2D eigenvalue weighted by atomic mass is 16.5. The summed E-state index contributed by atoms with van der Waals surface area (Å²) in [5.74, 6) is 0.318. The van der Waals surface area contributed by atoms with Gasteiger partial charge >= 0.3 is 0 Å². The predicted octanol–water partition coefficient (Wildman–Crippen LogP) is 3.54. The van der Waals surface area contributed by atoms with Crippen LogP contribution in [0.2, 0.25) is 0 Å². The number of nitrogens with two attached hydrogens (primary N) is 1.